The highest BCUT2D eigenvalue weighted by molar-refractivity contribution is 7.92. The van der Waals surface area contributed by atoms with Crippen LogP contribution in [0.3, 0.4) is 0 Å². The Morgan fingerprint density at radius 2 is 1.19 bits per heavy atom. The van der Waals surface area contributed by atoms with Crippen LogP contribution in [0.15, 0.2) is 85.2 Å². The molecule has 0 bridgehead atoms. The Kier molecular flexibility index (Phi) is 18.3. The van der Waals surface area contributed by atoms with Crippen molar-refractivity contribution in [2.75, 3.05) is 73.2 Å². The van der Waals surface area contributed by atoms with E-state index in [-0.39, 0.29) is 76.4 Å². The fraction of sp³-hybridized carbons (Fsp3) is 0.414. The van der Waals surface area contributed by atoms with Crippen LogP contribution in [0.2, 0.25) is 15.2 Å². The van der Waals surface area contributed by atoms with Crippen molar-refractivity contribution in [2.24, 2.45) is 11.7 Å². The SMILES string of the molecule is CC1CNCC1N1C(=O)c2ccccc2C1=O.COC1CN(c2nc3cc([C@@H]4CCCCN4C(=O)c4cc(Cl)ccc4NS(C)(=O)=O)nn3cc2C)CC1N.Cc1cn2nc([C@@H]3CCCCN3C(=O)c3cc(Cl)ccc3NS(C)(=O)=O)cc2nc1Cl. The number of ether oxygens (including phenoxy) is 1. The lowest BCUT2D eigenvalue weighted by atomic mass is 9.98. The third-order valence-electron chi connectivity index (χ3n) is 16.0. The number of piperidine rings is 2. The fourth-order valence-corrected chi connectivity index (χ4v) is 13.4. The number of benzene rings is 3. The Labute approximate surface area is 513 Å². The minimum Gasteiger partial charge on any atom is -0.378 e. The molecule has 7 aromatic rings. The smallest absolute Gasteiger partial charge is 0.261 e. The molecule has 12 rings (SSSR count). The summed E-state index contributed by atoms with van der Waals surface area (Å²) >= 11 is 18.5. The minimum absolute atomic E-state index is 0.0117. The first-order valence-corrected chi connectivity index (χ1v) is 33.0. The first kappa shape index (κ1) is 62.1. The second-order valence-corrected chi connectivity index (χ2v) is 27.2. The number of hydrogen-bond donors (Lipinski definition) is 4. The number of amides is 4. The van der Waals surface area contributed by atoms with Gasteiger partial charge in [0.25, 0.3) is 23.6 Å². The van der Waals surface area contributed by atoms with Crippen LogP contribution in [0.1, 0.15) is 121 Å². The Morgan fingerprint density at radius 3 is 1.65 bits per heavy atom. The van der Waals surface area contributed by atoms with E-state index in [4.69, 9.17) is 55.4 Å². The summed E-state index contributed by atoms with van der Waals surface area (Å²) in [5.41, 5.74) is 12.6. The zero-order chi connectivity index (χ0) is 61.5. The second-order valence-electron chi connectivity index (χ2n) is 22.4. The molecule has 0 saturated carbocycles. The first-order valence-electron chi connectivity index (χ1n) is 28.1. The van der Waals surface area contributed by atoms with Crippen LogP contribution in [0, 0.1) is 19.8 Å². The topological polar surface area (TPSA) is 281 Å². The number of halogens is 3. The molecule has 456 valence electrons. The lowest BCUT2D eigenvalue weighted by molar-refractivity contribution is 0.0564. The molecular formula is C58H67Cl3N14O9S2. The molecule has 28 heteroatoms. The Bertz CT molecular complexity index is 3940. The maximum absolute atomic E-state index is 13.8. The van der Waals surface area contributed by atoms with E-state index in [1.807, 2.05) is 32.2 Å². The van der Waals surface area contributed by atoms with Gasteiger partial charge in [-0.15, -0.1) is 0 Å². The predicted molar refractivity (Wildman–Crippen MR) is 329 cm³/mol. The third kappa shape index (κ3) is 13.4. The molecule has 0 radical (unpaired) electrons. The van der Waals surface area contributed by atoms with Gasteiger partial charge in [0, 0.05) is 85.5 Å². The molecule has 4 saturated heterocycles. The van der Waals surface area contributed by atoms with E-state index < -0.39 is 20.0 Å². The van der Waals surface area contributed by atoms with Crippen molar-refractivity contribution in [3.8, 4) is 0 Å². The molecule has 4 amide bonds. The summed E-state index contributed by atoms with van der Waals surface area (Å²) in [6.45, 7) is 9.82. The van der Waals surface area contributed by atoms with Gasteiger partial charge in [0.05, 0.1) is 87.8 Å². The number of rotatable bonds is 11. The van der Waals surface area contributed by atoms with Gasteiger partial charge in [-0.3, -0.25) is 33.5 Å². The number of aromatic nitrogens is 6. The minimum atomic E-state index is -3.59. The lowest BCUT2D eigenvalue weighted by Crippen LogP contribution is -2.43. The third-order valence-corrected chi connectivity index (χ3v) is 18.0. The quantitative estimate of drug-likeness (QED) is 0.0718. The number of aryl methyl sites for hydroxylation is 2. The van der Waals surface area contributed by atoms with Crippen LogP contribution in [0.4, 0.5) is 17.2 Å². The number of fused-ring (bicyclic) bond motifs is 3. The van der Waals surface area contributed by atoms with Gasteiger partial charge in [0.15, 0.2) is 11.3 Å². The molecule has 5 aliphatic heterocycles. The van der Waals surface area contributed by atoms with Crippen LogP contribution >= 0.6 is 34.8 Å². The van der Waals surface area contributed by atoms with E-state index in [1.165, 1.54) is 29.2 Å². The van der Waals surface area contributed by atoms with Crippen LogP contribution < -0.4 is 25.4 Å². The number of methoxy groups -OCH3 is 1. The van der Waals surface area contributed by atoms with Crippen molar-refractivity contribution in [3.05, 3.63) is 145 Å². The number of sulfonamides is 2. The van der Waals surface area contributed by atoms with Crippen LogP contribution in [-0.2, 0) is 24.8 Å². The summed E-state index contributed by atoms with van der Waals surface area (Å²) in [5, 5.41) is 13.7. The second kappa shape index (κ2) is 25.4. The Hall–Kier alpha value is -6.97. The van der Waals surface area contributed by atoms with E-state index in [1.54, 1.807) is 68.5 Å². The zero-order valence-corrected chi connectivity index (χ0v) is 52.1. The Balaban J connectivity index is 0.000000153. The number of likely N-dealkylation sites (tertiary alicyclic amines) is 2. The zero-order valence-electron chi connectivity index (χ0n) is 48.2. The lowest BCUT2D eigenvalue weighted by Gasteiger charge is -2.35. The summed E-state index contributed by atoms with van der Waals surface area (Å²) in [4.78, 5) is 68.0. The molecule has 9 heterocycles. The first-order chi connectivity index (χ1) is 40.9. The maximum atomic E-state index is 13.8. The van der Waals surface area contributed by atoms with Gasteiger partial charge < -0.3 is 30.5 Å². The summed E-state index contributed by atoms with van der Waals surface area (Å²) in [6, 6.07) is 19.2. The summed E-state index contributed by atoms with van der Waals surface area (Å²) in [5.74, 6) is 0.250. The molecule has 5 N–H and O–H groups in total. The summed E-state index contributed by atoms with van der Waals surface area (Å²) in [7, 11) is -5.49. The molecular weight excluding hydrogens is 1210 g/mol. The van der Waals surface area contributed by atoms with E-state index >= 15 is 0 Å². The highest BCUT2D eigenvalue weighted by Gasteiger charge is 2.43. The van der Waals surface area contributed by atoms with Gasteiger partial charge in [-0.05, 0) is 113 Å². The van der Waals surface area contributed by atoms with E-state index in [0.29, 0.717) is 82.0 Å². The monoisotopic (exact) mass is 1270 g/mol. The van der Waals surface area contributed by atoms with Gasteiger partial charge >= 0.3 is 0 Å². The molecule has 0 spiro atoms. The predicted octanol–water partition coefficient (Wildman–Crippen LogP) is 7.57. The molecule has 86 heavy (non-hydrogen) atoms. The highest BCUT2D eigenvalue weighted by Crippen LogP contribution is 2.37. The van der Waals surface area contributed by atoms with Crippen LogP contribution in [0.5, 0.6) is 0 Å². The maximum Gasteiger partial charge on any atom is 0.261 e. The number of anilines is 3. The molecule has 3 aromatic carbocycles. The van der Waals surface area contributed by atoms with Crippen LogP contribution in [0.25, 0.3) is 11.3 Å². The average Bonchev–Trinajstić information content (AvgIpc) is 2.54. The van der Waals surface area contributed by atoms with Crippen molar-refractivity contribution >= 4 is 107 Å². The summed E-state index contributed by atoms with van der Waals surface area (Å²) in [6.07, 6.45) is 10.8. The molecule has 4 aromatic heterocycles. The molecule has 4 fully saturated rings. The molecule has 5 aliphatic rings. The molecule has 6 atom stereocenters. The van der Waals surface area contributed by atoms with Crippen LogP contribution in [-0.4, -0.2) is 161 Å². The van der Waals surface area contributed by atoms with E-state index in [0.717, 1.165) is 80.2 Å². The number of hydrogen-bond acceptors (Lipinski definition) is 16. The number of nitrogens with zero attached hydrogens (tertiary/aromatic N) is 10. The Morgan fingerprint density at radius 1 is 0.686 bits per heavy atom. The van der Waals surface area contributed by atoms with Crippen molar-refractivity contribution in [1.82, 2.24) is 49.2 Å². The van der Waals surface area contributed by atoms with Gasteiger partial charge in [-0.1, -0.05) is 53.9 Å². The molecule has 23 nitrogen and oxygen atoms in total. The van der Waals surface area contributed by atoms with E-state index in [2.05, 4.69) is 36.7 Å². The summed E-state index contributed by atoms with van der Waals surface area (Å²) < 4.78 is 61.1. The number of nitrogens with one attached hydrogen (secondary N) is 3. The van der Waals surface area contributed by atoms with Gasteiger partial charge in [-0.25, -0.2) is 35.8 Å². The standard InChI is InChI=1S/C25H32ClN7O4S.C20H21Cl2N5O3S.C13H14N2O2/c1-15-12-33-23(28-24(15)31-13-18(27)22(14-31)37-2)11-20(29-33)21-6-4-5-9-32(21)25(34)17-10-16(26)7-8-19(17)30-38(3,35)36;1-12-11-27-18(23-19(12)22)10-16(24-27)17-5-3-4-8-26(17)20(28)14-9-13(21)6-7-15(14)25-31(2,29)30;1-8-6-14-7-11(8)15-12(16)9-4-2-3-5-10(9)13(15)17/h7-8,10-12,18,21-22,30H,4-6,9,13-14,27H2,1-3H3;6-7,9-11,17,25H,3-5,8H2,1-2H3;2-5,8,11,14H,6-7H2,1H3/t18?,21-,22?;17-;/m00./s1. The molecule has 4 unspecified atom stereocenters. The van der Waals surface area contributed by atoms with Crippen molar-refractivity contribution in [1.29, 1.82) is 0 Å². The van der Waals surface area contributed by atoms with Gasteiger partial charge in [0.2, 0.25) is 20.0 Å². The van der Waals surface area contributed by atoms with Crippen molar-refractivity contribution < 1.29 is 40.8 Å². The number of carbonyl (C=O) groups is 4. The average molecular weight is 1270 g/mol. The number of carbonyl (C=O) groups excluding carboxylic acids is 4. The van der Waals surface area contributed by atoms with Gasteiger partial charge in [-0.2, -0.15) is 10.2 Å². The highest BCUT2D eigenvalue weighted by atomic mass is 35.5. The number of nitrogens with two attached hydrogens (primary N) is 1. The largest absolute Gasteiger partial charge is 0.378 e. The fourth-order valence-electron chi connectivity index (χ4n) is 11.8. The van der Waals surface area contributed by atoms with Crippen molar-refractivity contribution in [3.63, 3.8) is 0 Å². The van der Waals surface area contributed by atoms with Gasteiger partial charge in [0.1, 0.15) is 11.0 Å². The normalized spacial score (nSPS) is 21.5. The number of imide groups is 1. The molecule has 0 aliphatic carbocycles. The van der Waals surface area contributed by atoms with Crippen molar-refractivity contribution in [2.45, 2.75) is 89.6 Å². The van der Waals surface area contributed by atoms with E-state index in [9.17, 15) is 36.0 Å².